The van der Waals surface area contributed by atoms with Crippen molar-refractivity contribution in [3.8, 4) is 0 Å². The highest BCUT2D eigenvalue weighted by molar-refractivity contribution is 5.28. The van der Waals surface area contributed by atoms with E-state index in [0.29, 0.717) is 0 Å². The second-order valence-corrected chi connectivity index (χ2v) is 6.49. The van der Waals surface area contributed by atoms with Crippen LogP contribution in [0.5, 0.6) is 0 Å². The second-order valence-electron chi connectivity index (χ2n) is 6.49. The average molecular weight is 164 g/mol. The van der Waals surface area contributed by atoms with Crippen molar-refractivity contribution in [1.82, 2.24) is 0 Å². The van der Waals surface area contributed by atoms with Crippen LogP contribution in [0, 0.1) is 28.1 Å². The lowest BCUT2D eigenvalue weighted by molar-refractivity contribution is -0.275. The van der Waals surface area contributed by atoms with Gasteiger partial charge >= 0.3 is 0 Å². The van der Waals surface area contributed by atoms with Crippen LogP contribution in [0.25, 0.3) is 0 Å². The van der Waals surface area contributed by atoms with Gasteiger partial charge in [0.25, 0.3) is 0 Å². The minimum absolute atomic E-state index is 0.726. The Balaban J connectivity index is 2.08. The predicted molar refractivity (Wildman–Crippen MR) is 50.8 cm³/mol. The molecule has 3 saturated carbocycles. The second kappa shape index (κ2) is 1.51. The first-order valence-electron chi connectivity index (χ1n) is 5.43. The Morgan fingerprint density at radius 1 is 1.00 bits per heavy atom. The molecule has 0 radical (unpaired) electrons. The van der Waals surface area contributed by atoms with Crippen molar-refractivity contribution in [2.24, 2.45) is 28.1 Å². The molecule has 68 valence electrons. The molecular weight excluding hydrogens is 144 g/mol. The summed E-state index contributed by atoms with van der Waals surface area (Å²) >= 11 is 0. The molecule has 0 heterocycles. The van der Waals surface area contributed by atoms with E-state index in [1.54, 1.807) is 0 Å². The van der Waals surface area contributed by atoms with Crippen molar-refractivity contribution < 1.29 is 0 Å². The monoisotopic (exact) mass is 164 g/mol. The van der Waals surface area contributed by atoms with Gasteiger partial charge in [-0.1, -0.05) is 27.7 Å². The molecule has 3 rings (SSSR count). The third-order valence-corrected chi connectivity index (χ3v) is 6.16. The summed E-state index contributed by atoms with van der Waals surface area (Å²) in [5.41, 5.74) is 2.21. The molecule has 3 fully saturated rings. The van der Waals surface area contributed by atoms with Gasteiger partial charge in [-0.05, 0) is 47.3 Å². The zero-order valence-electron chi connectivity index (χ0n) is 8.78. The first-order valence-corrected chi connectivity index (χ1v) is 5.43. The van der Waals surface area contributed by atoms with Crippen LogP contribution < -0.4 is 0 Å². The zero-order chi connectivity index (χ0) is 8.78. The molecule has 0 saturated heterocycles. The van der Waals surface area contributed by atoms with Crippen LogP contribution in [-0.2, 0) is 0 Å². The van der Waals surface area contributed by atoms with Crippen molar-refractivity contribution in [2.45, 2.75) is 47.0 Å². The summed E-state index contributed by atoms with van der Waals surface area (Å²) in [6.07, 6.45) is 4.54. The molecule has 3 aliphatic carbocycles. The Morgan fingerprint density at radius 3 is 2.00 bits per heavy atom. The molecule has 0 bridgehead atoms. The van der Waals surface area contributed by atoms with Gasteiger partial charge in [0, 0.05) is 0 Å². The van der Waals surface area contributed by atoms with Crippen LogP contribution in [0.3, 0.4) is 0 Å². The van der Waals surface area contributed by atoms with Crippen molar-refractivity contribution in [3.05, 3.63) is 0 Å². The molecule has 5 atom stereocenters. The van der Waals surface area contributed by atoms with Gasteiger partial charge in [0.05, 0.1) is 0 Å². The predicted octanol–water partition coefficient (Wildman–Crippen LogP) is 3.47. The van der Waals surface area contributed by atoms with Crippen LogP contribution in [0.4, 0.5) is 0 Å². The normalized spacial score (nSPS) is 73.0. The maximum Gasteiger partial charge on any atom is -0.0186 e. The number of hydrogen-bond donors (Lipinski definition) is 0. The molecule has 0 aliphatic heterocycles. The zero-order valence-corrected chi connectivity index (χ0v) is 8.78. The number of hydrogen-bond acceptors (Lipinski definition) is 0. The minimum Gasteiger partial charge on any atom is -0.0622 e. The molecule has 0 spiro atoms. The highest BCUT2D eigenvalue weighted by atomic mass is 14.8. The van der Waals surface area contributed by atoms with E-state index in [4.69, 9.17) is 0 Å². The Kier molecular flexibility index (Phi) is 0.932. The average Bonchev–Trinajstić information content (AvgIpc) is 2.07. The number of rotatable bonds is 0. The lowest BCUT2D eigenvalue weighted by atomic mass is 9.28. The van der Waals surface area contributed by atoms with Crippen molar-refractivity contribution >= 4 is 0 Å². The quantitative estimate of drug-likeness (QED) is 0.514. The van der Waals surface area contributed by atoms with Gasteiger partial charge in [0.2, 0.25) is 0 Å². The Bertz CT molecular complexity index is 253. The van der Waals surface area contributed by atoms with Crippen molar-refractivity contribution in [3.63, 3.8) is 0 Å². The lowest BCUT2D eigenvalue weighted by Crippen LogP contribution is -2.69. The molecule has 3 aliphatic rings. The van der Waals surface area contributed by atoms with Gasteiger partial charge in [0.15, 0.2) is 0 Å². The molecule has 0 nitrogen and oxygen atoms in total. The SMILES string of the molecule is CC1CC2(C)CC3(C)CC1C23C. The highest BCUT2D eigenvalue weighted by Crippen LogP contribution is 2.87. The van der Waals surface area contributed by atoms with Crippen molar-refractivity contribution in [1.29, 1.82) is 0 Å². The van der Waals surface area contributed by atoms with Crippen LogP contribution in [0.1, 0.15) is 47.0 Å². The molecule has 0 aromatic heterocycles. The maximum absolute atomic E-state index is 2.56. The molecule has 0 aromatic rings. The molecule has 0 N–H and O–H groups in total. The topological polar surface area (TPSA) is 0 Å². The minimum atomic E-state index is 0.726. The van der Waals surface area contributed by atoms with E-state index in [1.807, 2.05) is 0 Å². The van der Waals surface area contributed by atoms with E-state index in [0.717, 1.165) is 28.1 Å². The van der Waals surface area contributed by atoms with Gasteiger partial charge < -0.3 is 0 Å². The fourth-order valence-corrected chi connectivity index (χ4v) is 5.50. The van der Waals surface area contributed by atoms with Crippen LogP contribution >= 0.6 is 0 Å². The Morgan fingerprint density at radius 2 is 1.58 bits per heavy atom. The van der Waals surface area contributed by atoms with E-state index in [1.165, 1.54) is 19.3 Å². The van der Waals surface area contributed by atoms with Crippen molar-refractivity contribution in [2.75, 3.05) is 0 Å². The summed E-state index contributed by atoms with van der Waals surface area (Å²) in [6.45, 7) is 10.1. The van der Waals surface area contributed by atoms with Gasteiger partial charge in [-0.2, -0.15) is 0 Å². The summed E-state index contributed by atoms with van der Waals surface area (Å²) in [5.74, 6) is 2.08. The first kappa shape index (κ1) is 7.41. The molecule has 0 amide bonds. The highest BCUT2D eigenvalue weighted by Gasteiger charge is 2.80. The van der Waals surface area contributed by atoms with E-state index in [9.17, 15) is 0 Å². The fourth-order valence-electron chi connectivity index (χ4n) is 5.50. The summed E-state index contributed by atoms with van der Waals surface area (Å²) < 4.78 is 0. The Labute approximate surface area is 75.7 Å². The third-order valence-electron chi connectivity index (χ3n) is 6.16. The van der Waals surface area contributed by atoms with Gasteiger partial charge in [0.1, 0.15) is 0 Å². The lowest BCUT2D eigenvalue weighted by Gasteiger charge is -2.76. The summed E-state index contributed by atoms with van der Waals surface area (Å²) in [4.78, 5) is 0. The van der Waals surface area contributed by atoms with E-state index in [2.05, 4.69) is 27.7 Å². The molecule has 12 heavy (non-hydrogen) atoms. The van der Waals surface area contributed by atoms with E-state index in [-0.39, 0.29) is 0 Å². The summed E-state index contributed by atoms with van der Waals surface area (Å²) in [7, 11) is 0. The largest absolute Gasteiger partial charge is 0.0622 e. The van der Waals surface area contributed by atoms with Gasteiger partial charge in [-0.25, -0.2) is 0 Å². The standard InChI is InChI=1S/C12H20/c1-8-5-10(2)7-11(3)6-9(8)12(10,11)4/h8-9H,5-7H2,1-4H3. The van der Waals surface area contributed by atoms with E-state index >= 15 is 0 Å². The van der Waals surface area contributed by atoms with Crippen LogP contribution in [-0.4, -0.2) is 0 Å². The molecular formula is C12H20. The maximum atomic E-state index is 2.56. The van der Waals surface area contributed by atoms with Gasteiger partial charge in [-0.3, -0.25) is 0 Å². The van der Waals surface area contributed by atoms with E-state index < -0.39 is 0 Å². The van der Waals surface area contributed by atoms with Gasteiger partial charge in [-0.15, -0.1) is 0 Å². The molecule has 0 heteroatoms. The third kappa shape index (κ3) is 0.418. The first-order chi connectivity index (χ1) is 5.43. The summed E-state index contributed by atoms with van der Waals surface area (Å²) in [5, 5.41) is 0. The fraction of sp³-hybridized carbons (Fsp3) is 1.00. The molecule has 5 unspecified atom stereocenters. The van der Waals surface area contributed by atoms with Crippen LogP contribution in [0.15, 0.2) is 0 Å². The smallest absolute Gasteiger partial charge is 0.0186 e. The Hall–Kier alpha value is 0. The van der Waals surface area contributed by atoms with Crippen LogP contribution in [0.2, 0.25) is 0 Å². The summed E-state index contributed by atoms with van der Waals surface area (Å²) in [6, 6.07) is 0. The molecule has 0 aromatic carbocycles.